The smallest absolute Gasteiger partial charge is 0.412 e. The topological polar surface area (TPSA) is 64.1 Å². The minimum atomic E-state index is -0.749. The van der Waals surface area contributed by atoms with Crippen LogP contribution in [0.2, 0.25) is 0 Å². The highest BCUT2D eigenvalue weighted by Gasteiger charge is 2.13. The van der Waals surface area contributed by atoms with E-state index in [-0.39, 0.29) is 17.8 Å². The third-order valence-corrected chi connectivity index (χ3v) is 3.03. The molecule has 22 heavy (non-hydrogen) atoms. The minimum Gasteiger partial charge on any atom is -0.444 e. The van der Waals surface area contributed by atoms with Crippen LogP contribution >= 0.6 is 0 Å². The molecule has 1 N–H and O–H groups in total. The molecule has 0 aliphatic carbocycles. The summed E-state index contributed by atoms with van der Waals surface area (Å²) >= 11 is 0. The van der Waals surface area contributed by atoms with Gasteiger partial charge in [0.25, 0.3) is 0 Å². The van der Waals surface area contributed by atoms with Gasteiger partial charge in [-0.3, -0.25) is 15.3 Å². The van der Waals surface area contributed by atoms with E-state index in [0.29, 0.717) is 5.52 Å². The van der Waals surface area contributed by atoms with Crippen LogP contribution in [0.3, 0.4) is 0 Å². The summed E-state index contributed by atoms with van der Waals surface area (Å²) in [5, 5.41) is 2.38. The molecule has 3 rings (SSSR count). The van der Waals surface area contributed by atoms with Crippen molar-refractivity contribution in [3.05, 3.63) is 66.2 Å². The molecule has 1 aromatic heterocycles. The maximum Gasteiger partial charge on any atom is 0.412 e. The summed E-state index contributed by atoms with van der Waals surface area (Å²) in [5.41, 5.74) is 1.57. The molecule has 0 aliphatic rings. The number of halogens is 1. The van der Waals surface area contributed by atoms with Gasteiger partial charge < -0.3 is 4.74 Å². The summed E-state index contributed by atoms with van der Waals surface area (Å²) < 4.78 is 19.0. The minimum absolute atomic E-state index is 0.0383. The predicted octanol–water partition coefficient (Wildman–Crippen LogP) is 3.52. The maximum absolute atomic E-state index is 13.9. The number of amides is 1. The molecule has 1 heterocycles. The van der Waals surface area contributed by atoms with Gasteiger partial charge in [0.1, 0.15) is 23.6 Å². The van der Waals surface area contributed by atoms with Crippen LogP contribution in [0.15, 0.2) is 54.9 Å². The summed E-state index contributed by atoms with van der Waals surface area (Å²) in [6.07, 6.45) is 2.18. The lowest BCUT2D eigenvalue weighted by Crippen LogP contribution is -2.15. The van der Waals surface area contributed by atoms with E-state index in [9.17, 15) is 9.18 Å². The molecule has 0 unspecified atom stereocenters. The van der Waals surface area contributed by atoms with Crippen LogP contribution < -0.4 is 5.32 Å². The number of ether oxygens (including phenoxy) is 1. The van der Waals surface area contributed by atoms with Crippen LogP contribution in [0.1, 0.15) is 5.56 Å². The van der Waals surface area contributed by atoms with Gasteiger partial charge in [-0.1, -0.05) is 30.3 Å². The Morgan fingerprint density at radius 2 is 1.86 bits per heavy atom. The van der Waals surface area contributed by atoms with Gasteiger partial charge in [-0.05, 0) is 17.7 Å². The second-order valence-corrected chi connectivity index (χ2v) is 4.53. The van der Waals surface area contributed by atoms with E-state index < -0.39 is 11.9 Å². The number of hydrogen-bond acceptors (Lipinski definition) is 4. The zero-order valence-corrected chi connectivity index (χ0v) is 11.5. The van der Waals surface area contributed by atoms with Gasteiger partial charge in [0.05, 0.1) is 5.52 Å². The average Bonchev–Trinajstić information content (AvgIpc) is 2.56. The van der Waals surface area contributed by atoms with E-state index >= 15 is 0 Å². The van der Waals surface area contributed by atoms with Crippen molar-refractivity contribution >= 4 is 22.8 Å². The molecule has 0 bridgehead atoms. The van der Waals surface area contributed by atoms with Gasteiger partial charge in [-0.2, -0.15) is 0 Å². The first kappa shape index (κ1) is 13.9. The van der Waals surface area contributed by atoms with Crippen LogP contribution in [0.5, 0.6) is 0 Å². The lowest BCUT2D eigenvalue weighted by atomic mass is 10.2. The SMILES string of the molecule is O=C(Nc1c(F)ccc2nccnc12)OCc1ccccc1. The maximum atomic E-state index is 13.9. The first-order chi connectivity index (χ1) is 10.7. The molecule has 0 radical (unpaired) electrons. The molecule has 0 saturated carbocycles. The van der Waals surface area contributed by atoms with Crippen molar-refractivity contribution in [2.75, 3.05) is 5.32 Å². The quantitative estimate of drug-likeness (QED) is 0.803. The molecular formula is C16H12FN3O2. The van der Waals surface area contributed by atoms with Gasteiger partial charge >= 0.3 is 6.09 Å². The molecular weight excluding hydrogens is 285 g/mol. The Bertz CT molecular complexity index is 809. The largest absolute Gasteiger partial charge is 0.444 e. The van der Waals surface area contributed by atoms with Crippen molar-refractivity contribution in [1.29, 1.82) is 0 Å². The lowest BCUT2D eigenvalue weighted by molar-refractivity contribution is 0.155. The van der Waals surface area contributed by atoms with Gasteiger partial charge in [-0.25, -0.2) is 9.18 Å². The van der Waals surface area contributed by atoms with Crippen LogP contribution in [0, 0.1) is 5.82 Å². The fourth-order valence-electron chi connectivity index (χ4n) is 1.99. The average molecular weight is 297 g/mol. The Hall–Kier alpha value is -3.02. The van der Waals surface area contributed by atoms with Crippen molar-refractivity contribution in [2.45, 2.75) is 6.61 Å². The zero-order valence-electron chi connectivity index (χ0n) is 11.5. The monoisotopic (exact) mass is 297 g/mol. The third-order valence-electron chi connectivity index (χ3n) is 3.03. The van der Waals surface area contributed by atoms with Crippen LogP contribution in [-0.4, -0.2) is 16.1 Å². The number of carbonyl (C=O) groups excluding carboxylic acids is 1. The zero-order chi connectivity index (χ0) is 15.4. The summed E-state index contributed by atoms with van der Waals surface area (Å²) in [6.45, 7) is 0.102. The van der Waals surface area contributed by atoms with Crippen molar-refractivity contribution in [2.24, 2.45) is 0 Å². The fourth-order valence-corrected chi connectivity index (χ4v) is 1.99. The highest BCUT2D eigenvalue weighted by Crippen LogP contribution is 2.23. The number of anilines is 1. The molecule has 0 saturated heterocycles. The van der Waals surface area contributed by atoms with Crippen LogP contribution in [0.4, 0.5) is 14.9 Å². The Kier molecular flexibility index (Phi) is 3.91. The summed E-state index contributed by atoms with van der Waals surface area (Å²) in [7, 11) is 0. The molecule has 6 heteroatoms. The summed E-state index contributed by atoms with van der Waals surface area (Å²) in [4.78, 5) is 19.9. The van der Waals surface area contributed by atoms with Crippen molar-refractivity contribution in [3.8, 4) is 0 Å². The Morgan fingerprint density at radius 3 is 2.68 bits per heavy atom. The van der Waals surface area contributed by atoms with E-state index in [0.717, 1.165) is 5.56 Å². The molecule has 2 aromatic carbocycles. The molecule has 3 aromatic rings. The fraction of sp³-hybridized carbons (Fsp3) is 0.0625. The van der Waals surface area contributed by atoms with Crippen molar-refractivity contribution < 1.29 is 13.9 Å². The normalized spacial score (nSPS) is 10.4. The second kappa shape index (κ2) is 6.17. The molecule has 0 fully saturated rings. The third kappa shape index (κ3) is 3.01. The molecule has 0 spiro atoms. The lowest BCUT2D eigenvalue weighted by Gasteiger charge is -2.09. The number of hydrogen-bond donors (Lipinski definition) is 1. The molecule has 0 atom stereocenters. The van der Waals surface area contributed by atoms with Gasteiger partial charge in [0.15, 0.2) is 0 Å². The molecule has 110 valence electrons. The number of carbonyl (C=O) groups is 1. The Morgan fingerprint density at radius 1 is 1.09 bits per heavy atom. The van der Waals surface area contributed by atoms with Gasteiger partial charge in [-0.15, -0.1) is 0 Å². The second-order valence-electron chi connectivity index (χ2n) is 4.53. The molecule has 5 nitrogen and oxygen atoms in total. The Labute approximate surface area is 125 Å². The van der Waals surface area contributed by atoms with Gasteiger partial charge in [0, 0.05) is 12.4 Å². The number of nitrogens with zero attached hydrogens (tertiary/aromatic N) is 2. The van der Waals surface area contributed by atoms with E-state index in [1.165, 1.54) is 24.5 Å². The highest BCUT2D eigenvalue weighted by molar-refractivity contribution is 5.96. The summed E-state index contributed by atoms with van der Waals surface area (Å²) in [5.74, 6) is -0.593. The van der Waals surface area contributed by atoms with E-state index in [1.807, 2.05) is 30.3 Å². The van der Waals surface area contributed by atoms with Crippen LogP contribution in [-0.2, 0) is 11.3 Å². The number of benzene rings is 2. The predicted molar refractivity (Wildman–Crippen MR) is 79.7 cm³/mol. The standard InChI is InChI=1S/C16H12FN3O2/c17-12-6-7-13-15(19-9-8-18-13)14(12)20-16(21)22-10-11-4-2-1-3-5-11/h1-9H,10H2,(H,20,21). The highest BCUT2D eigenvalue weighted by atomic mass is 19.1. The summed E-state index contributed by atoms with van der Waals surface area (Å²) in [6, 6.07) is 11.9. The van der Waals surface area contributed by atoms with E-state index in [4.69, 9.17) is 4.74 Å². The first-order valence-electron chi connectivity index (χ1n) is 6.61. The number of nitrogens with one attached hydrogen (secondary N) is 1. The number of aromatic nitrogens is 2. The molecule has 0 aliphatic heterocycles. The number of rotatable bonds is 3. The van der Waals surface area contributed by atoms with Crippen LogP contribution in [0.25, 0.3) is 11.0 Å². The first-order valence-corrected chi connectivity index (χ1v) is 6.61. The van der Waals surface area contributed by atoms with E-state index in [2.05, 4.69) is 15.3 Å². The number of fused-ring (bicyclic) bond motifs is 1. The Balaban J connectivity index is 1.75. The van der Waals surface area contributed by atoms with Gasteiger partial charge in [0.2, 0.25) is 0 Å². The van der Waals surface area contributed by atoms with E-state index in [1.54, 1.807) is 0 Å². The molecule has 1 amide bonds. The van der Waals surface area contributed by atoms with Crippen molar-refractivity contribution in [3.63, 3.8) is 0 Å². The van der Waals surface area contributed by atoms with Crippen molar-refractivity contribution in [1.82, 2.24) is 9.97 Å².